The molecule has 2 fully saturated rings. The molecule has 1 saturated carbocycles. The molecule has 0 radical (unpaired) electrons. The van der Waals surface area contributed by atoms with Gasteiger partial charge < -0.3 is 30.9 Å². The number of carbonyl (C=O) groups is 1. The van der Waals surface area contributed by atoms with E-state index in [0.717, 1.165) is 44.3 Å². The minimum Gasteiger partial charge on any atom is -0.534 e. The van der Waals surface area contributed by atoms with Crippen LogP contribution in [0.25, 0.3) is 0 Å². The Labute approximate surface area is 171 Å². The summed E-state index contributed by atoms with van der Waals surface area (Å²) in [5.74, 6) is 0.0182. The summed E-state index contributed by atoms with van der Waals surface area (Å²) in [7, 11) is -1.22. The van der Waals surface area contributed by atoms with Crippen LogP contribution in [0, 0.1) is 5.92 Å². The highest BCUT2D eigenvalue weighted by atomic mass is 16.5. The summed E-state index contributed by atoms with van der Waals surface area (Å²) >= 11 is 0. The van der Waals surface area contributed by atoms with Crippen LogP contribution in [0.1, 0.15) is 49.5 Å². The molecule has 3 aliphatic rings. The van der Waals surface area contributed by atoms with E-state index in [1.807, 2.05) is 0 Å². The molecule has 0 spiro atoms. The Balaban J connectivity index is 1.27. The molecule has 29 heavy (non-hydrogen) atoms. The second-order valence-corrected chi connectivity index (χ2v) is 8.69. The van der Waals surface area contributed by atoms with Gasteiger partial charge in [-0.1, -0.05) is 18.2 Å². The van der Waals surface area contributed by atoms with Crippen LogP contribution in [0.15, 0.2) is 18.2 Å². The zero-order valence-corrected chi connectivity index (χ0v) is 16.5. The first-order valence-corrected chi connectivity index (χ1v) is 10.5. The molecule has 1 amide bonds. The van der Waals surface area contributed by atoms with E-state index >= 15 is 0 Å². The van der Waals surface area contributed by atoms with E-state index in [4.69, 9.17) is 10.4 Å². The number of hydrogen-bond acceptors (Lipinski definition) is 7. The molecule has 9 heteroatoms. The van der Waals surface area contributed by atoms with E-state index in [0.29, 0.717) is 30.8 Å². The summed E-state index contributed by atoms with van der Waals surface area (Å²) in [4.78, 5) is 15.0. The van der Waals surface area contributed by atoms with Gasteiger partial charge in [0.15, 0.2) is 6.29 Å². The SMILES string of the molecule is NC1CN(C2CCC(CC(=O)N[C@H]3Cc4cccc(C(O)O)c4OB3O)CC2)C1. The number of aliphatic hydroxyl groups excluding tert-OH is 1. The normalized spacial score (nSPS) is 27.9. The minimum atomic E-state index is -1.68. The number of nitrogens with one attached hydrogen (secondary N) is 1. The van der Waals surface area contributed by atoms with Crippen LogP contribution in [-0.2, 0) is 11.2 Å². The summed E-state index contributed by atoms with van der Waals surface area (Å²) in [5, 5.41) is 32.1. The zero-order valence-electron chi connectivity index (χ0n) is 16.5. The quantitative estimate of drug-likeness (QED) is 0.337. The maximum absolute atomic E-state index is 12.6. The van der Waals surface area contributed by atoms with Gasteiger partial charge in [-0.3, -0.25) is 9.69 Å². The van der Waals surface area contributed by atoms with Crippen molar-refractivity contribution in [2.75, 3.05) is 13.1 Å². The summed E-state index contributed by atoms with van der Waals surface area (Å²) in [5.41, 5.74) is 6.82. The third-order valence-electron chi connectivity index (χ3n) is 6.52. The number of nitrogens with zero attached hydrogens (tertiary/aromatic N) is 1. The van der Waals surface area contributed by atoms with E-state index in [1.165, 1.54) is 0 Å². The summed E-state index contributed by atoms with van der Waals surface area (Å²) < 4.78 is 5.50. The predicted molar refractivity (Wildman–Crippen MR) is 108 cm³/mol. The van der Waals surface area contributed by atoms with Crippen LogP contribution in [0.2, 0.25) is 0 Å². The molecule has 6 N–H and O–H groups in total. The average Bonchev–Trinajstić information content (AvgIpc) is 2.66. The largest absolute Gasteiger partial charge is 0.547 e. The molecule has 2 heterocycles. The fraction of sp³-hybridized carbons (Fsp3) is 0.650. The van der Waals surface area contributed by atoms with E-state index in [2.05, 4.69) is 10.2 Å². The lowest BCUT2D eigenvalue weighted by Gasteiger charge is -2.45. The van der Waals surface area contributed by atoms with E-state index in [-0.39, 0.29) is 17.2 Å². The molecule has 0 aromatic heterocycles. The number of fused-ring (bicyclic) bond motifs is 1. The average molecular weight is 403 g/mol. The first-order chi connectivity index (χ1) is 13.9. The molecule has 1 saturated heterocycles. The van der Waals surface area contributed by atoms with Crippen molar-refractivity contribution < 1.29 is 24.7 Å². The molecule has 1 aromatic rings. The van der Waals surface area contributed by atoms with Gasteiger partial charge in [-0.05, 0) is 43.6 Å². The van der Waals surface area contributed by atoms with E-state index in [9.17, 15) is 20.0 Å². The number of hydrogen-bond donors (Lipinski definition) is 5. The van der Waals surface area contributed by atoms with Crippen molar-refractivity contribution in [3.63, 3.8) is 0 Å². The fourth-order valence-corrected chi connectivity index (χ4v) is 4.86. The minimum absolute atomic E-state index is 0.0751. The number of para-hydroxylation sites is 1. The Morgan fingerprint density at radius 3 is 2.66 bits per heavy atom. The van der Waals surface area contributed by atoms with Gasteiger partial charge in [-0.2, -0.15) is 0 Å². The lowest BCUT2D eigenvalue weighted by Crippen LogP contribution is -2.59. The van der Waals surface area contributed by atoms with Crippen molar-refractivity contribution >= 4 is 13.0 Å². The molecular formula is C20H30BN3O5. The monoisotopic (exact) mass is 403 g/mol. The Bertz CT molecular complexity index is 735. The number of nitrogens with two attached hydrogens (primary N) is 1. The van der Waals surface area contributed by atoms with Crippen molar-refractivity contribution in [1.82, 2.24) is 10.2 Å². The second-order valence-electron chi connectivity index (χ2n) is 8.69. The summed E-state index contributed by atoms with van der Waals surface area (Å²) in [6, 6.07) is 5.98. The van der Waals surface area contributed by atoms with Crippen LogP contribution in [0.4, 0.5) is 0 Å². The molecule has 1 aromatic carbocycles. The van der Waals surface area contributed by atoms with Gasteiger partial charge in [0.05, 0.1) is 5.94 Å². The van der Waals surface area contributed by atoms with Gasteiger partial charge in [0.25, 0.3) is 0 Å². The Morgan fingerprint density at radius 1 is 1.28 bits per heavy atom. The maximum atomic E-state index is 12.6. The zero-order chi connectivity index (χ0) is 20.5. The molecule has 2 aliphatic heterocycles. The fourth-order valence-electron chi connectivity index (χ4n) is 4.86. The highest BCUT2D eigenvalue weighted by molar-refractivity contribution is 6.46. The van der Waals surface area contributed by atoms with Crippen molar-refractivity contribution in [3.05, 3.63) is 29.3 Å². The van der Waals surface area contributed by atoms with Gasteiger partial charge in [-0.15, -0.1) is 0 Å². The predicted octanol–water partition coefficient (Wildman–Crippen LogP) is -0.299. The van der Waals surface area contributed by atoms with E-state index in [1.54, 1.807) is 18.2 Å². The van der Waals surface area contributed by atoms with Crippen LogP contribution >= 0.6 is 0 Å². The van der Waals surface area contributed by atoms with Crippen molar-refractivity contribution in [2.24, 2.45) is 11.7 Å². The molecule has 0 unspecified atom stereocenters. The molecular weight excluding hydrogens is 373 g/mol. The molecule has 8 nitrogen and oxygen atoms in total. The summed E-state index contributed by atoms with van der Waals surface area (Å²) in [6.07, 6.45) is 3.45. The van der Waals surface area contributed by atoms with E-state index < -0.39 is 19.3 Å². The first kappa shape index (κ1) is 20.6. The van der Waals surface area contributed by atoms with Gasteiger partial charge >= 0.3 is 7.12 Å². The smallest absolute Gasteiger partial charge is 0.534 e. The topological polar surface area (TPSA) is 128 Å². The number of carbonyl (C=O) groups excluding carboxylic acids is 1. The van der Waals surface area contributed by atoms with Gasteiger partial charge in [-0.25, -0.2) is 0 Å². The Kier molecular flexibility index (Phi) is 6.12. The highest BCUT2D eigenvalue weighted by Gasteiger charge is 2.38. The second kappa shape index (κ2) is 8.61. The molecule has 1 atom stereocenters. The summed E-state index contributed by atoms with van der Waals surface area (Å²) in [6.45, 7) is 1.98. The maximum Gasteiger partial charge on any atom is 0.547 e. The van der Waals surface area contributed by atoms with Gasteiger partial charge in [0.2, 0.25) is 5.91 Å². The van der Waals surface area contributed by atoms with Crippen LogP contribution in [0.5, 0.6) is 5.75 Å². The number of likely N-dealkylation sites (tertiary alicyclic amines) is 1. The molecule has 0 bridgehead atoms. The number of rotatable bonds is 5. The molecule has 4 rings (SSSR count). The lowest BCUT2D eigenvalue weighted by molar-refractivity contribution is -0.122. The Morgan fingerprint density at radius 2 is 2.00 bits per heavy atom. The lowest BCUT2D eigenvalue weighted by atomic mass is 9.72. The Hall–Kier alpha value is -1.65. The van der Waals surface area contributed by atoms with Gasteiger partial charge in [0.1, 0.15) is 5.75 Å². The van der Waals surface area contributed by atoms with Crippen molar-refractivity contribution in [3.8, 4) is 5.75 Å². The van der Waals surface area contributed by atoms with Crippen molar-refractivity contribution in [2.45, 2.75) is 62.8 Å². The number of benzene rings is 1. The third-order valence-corrected chi connectivity index (χ3v) is 6.52. The third kappa shape index (κ3) is 4.59. The van der Waals surface area contributed by atoms with Gasteiger partial charge in [0, 0.05) is 37.2 Å². The van der Waals surface area contributed by atoms with Crippen molar-refractivity contribution in [1.29, 1.82) is 0 Å². The van der Waals surface area contributed by atoms with Crippen LogP contribution < -0.4 is 15.7 Å². The van der Waals surface area contributed by atoms with Crippen LogP contribution in [-0.4, -0.2) is 64.3 Å². The van der Waals surface area contributed by atoms with Crippen LogP contribution in [0.3, 0.4) is 0 Å². The first-order valence-electron chi connectivity index (χ1n) is 10.5. The standard InChI is InChI=1S/C20H30BN3O5/c22-14-10-24(11-14)15-6-4-12(5-7-15)8-18(25)23-17-9-13-2-1-3-16(20(26)27)19(13)29-21(17)28/h1-3,12,14-15,17,20,26-28H,4-11,22H2,(H,23,25)/t12?,15?,17-/m0/s1. The number of aliphatic hydroxyl groups is 2. The highest BCUT2D eigenvalue weighted by Crippen LogP contribution is 2.34. The number of amides is 1. The molecule has 1 aliphatic carbocycles. The molecule has 158 valence electrons.